The van der Waals surface area contributed by atoms with E-state index >= 15 is 0 Å². The summed E-state index contributed by atoms with van der Waals surface area (Å²) >= 11 is 0. The lowest BCUT2D eigenvalue weighted by molar-refractivity contribution is -0.119. The van der Waals surface area contributed by atoms with Gasteiger partial charge in [0.1, 0.15) is 0 Å². The predicted octanol–water partition coefficient (Wildman–Crippen LogP) is 2.13. The molecule has 0 heterocycles. The standard InChI is InChI=1S/C17H25N3O2/c1-13(2)9-15(7-8-21)11-20-17(22)12-19-16-5-3-14(10-18)4-6-16/h3-6,13,15,19,21H,7-9,11-12H2,1-2H3,(H,20,22). The zero-order chi connectivity index (χ0) is 16.4. The normalized spacial score (nSPS) is 11.8. The lowest BCUT2D eigenvalue weighted by Gasteiger charge is -2.18. The number of hydrogen-bond donors (Lipinski definition) is 3. The number of nitrogens with zero attached hydrogens (tertiary/aromatic N) is 1. The summed E-state index contributed by atoms with van der Waals surface area (Å²) in [4.78, 5) is 11.8. The fraction of sp³-hybridized carbons (Fsp3) is 0.529. The molecule has 0 aliphatic heterocycles. The highest BCUT2D eigenvalue weighted by atomic mass is 16.3. The highest BCUT2D eigenvalue weighted by molar-refractivity contribution is 5.80. The highest BCUT2D eigenvalue weighted by Crippen LogP contribution is 2.14. The molecule has 0 saturated carbocycles. The number of carbonyl (C=O) groups excluding carboxylic acids is 1. The first-order valence-electron chi connectivity index (χ1n) is 7.66. The van der Waals surface area contributed by atoms with E-state index in [2.05, 4.69) is 30.6 Å². The van der Waals surface area contributed by atoms with Gasteiger partial charge in [-0.25, -0.2) is 0 Å². The lowest BCUT2D eigenvalue weighted by Crippen LogP contribution is -2.34. The molecule has 0 bridgehead atoms. The van der Waals surface area contributed by atoms with Crippen molar-refractivity contribution in [1.82, 2.24) is 5.32 Å². The van der Waals surface area contributed by atoms with Gasteiger partial charge in [0.25, 0.3) is 0 Å². The molecule has 22 heavy (non-hydrogen) atoms. The van der Waals surface area contributed by atoms with Crippen molar-refractivity contribution in [3.05, 3.63) is 29.8 Å². The van der Waals surface area contributed by atoms with Crippen molar-refractivity contribution in [3.63, 3.8) is 0 Å². The van der Waals surface area contributed by atoms with Crippen LogP contribution in [0, 0.1) is 23.2 Å². The molecular formula is C17H25N3O2. The number of anilines is 1. The average Bonchev–Trinajstić information content (AvgIpc) is 2.51. The second kappa shape index (κ2) is 9.80. The van der Waals surface area contributed by atoms with Crippen LogP contribution in [0.4, 0.5) is 5.69 Å². The number of aliphatic hydroxyl groups is 1. The molecule has 0 radical (unpaired) electrons. The Morgan fingerprint density at radius 1 is 1.32 bits per heavy atom. The van der Waals surface area contributed by atoms with Crippen molar-refractivity contribution in [2.45, 2.75) is 26.7 Å². The number of rotatable bonds is 9. The van der Waals surface area contributed by atoms with Crippen LogP contribution >= 0.6 is 0 Å². The number of benzene rings is 1. The molecular weight excluding hydrogens is 278 g/mol. The van der Waals surface area contributed by atoms with E-state index < -0.39 is 0 Å². The number of amides is 1. The lowest BCUT2D eigenvalue weighted by atomic mass is 9.94. The van der Waals surface area contributed by atoms with Crippen LogP contribution in [0.3, 0.4) is 0 Å². The molecule has 1 aromatic carbocycles. The highest BCUT2D eigenvalue weighted by Gasteiger charge is 2.12. The minimum absolute atomic E-state index is 0.0731. The van der Waals surface area contributed by atoms with Crippen molar-refractivity contribution < 1.29 is 9.90 Å². The van der Waals surface area contributed by atoms with Gasteiger partial charge in [-0.15, -0.1) is 0 Å². The second-order valence-electron chi connectivity index (χ2n) is 5.85. The minimum atomic E-state index is -0.0731. The van der Waals surface area contributed by atoms with Crippen LogP contribution < -0.4 is 10.6 Å². The molecule has 0 spiro atoms. The molecule has 0 aromatic heterocycles. The summed E-state index contributed by atoms with van der Waals surface area (Å²) < 4.78 is 0. The molecule has 5 nitrogen and oxygen atoms in total. The summed E-state index contributed by atoms with van der Waals surface area (Å²) in [6.45, 7) is 5.21. The van der Waals surface area contributed by atoms with Crippen molar-refractivity contribution >= 4 is 11.6 Å². The summed E-state index contributed by atoms with van der Waals surface area (Å²) in [5.74, 6) is 0.783. The Kier molecular flexibility index (Phi) is 8.01. The Morgan fingerprint density at radius 2 is 2.00 bits per heavy atom. The summed E-state index contributed by atoms with van der Waals surface area (Å²) in [5.41, 5.74) is 1.40. The third-order valence-corrected chi connectivity index (χ3v) is 3.40. The van der Waals surface area contributed by atoms with Crippen molar-refractivity contribution in [2.24, 2.45) is 11.8 Å². The Balaban J connectivity index is 2.33. The monoisotopic (exact) mass is 303 g/mol. The van der Waals surface area contributed by atoms with Crippen molar-refractivity contribution in [3.8, 4) is 6.07 Å². The van der Waals surface area contributed by atoms with Crippen LogP contribution in [-0.2, 0) is 4.79 Å². The SMILES string of the molecule is CC(C)CC(CCO)CNC(=O)CNc1ccc(C#N)cc1. The van der Waals surface area contributed by atoms with Crippen LogP contribution in [0.5, 0.6) is 0 Å². The Labute approximate surface area is 132 Å². The zero-order valence-corrected chi connectivity index (χ0v) is 13.3. The summed E-state index contributed by atoms with van der Waals surface area (Å²) in [5, 5.41) is 23.7. The minimum Gasteiger partial charge on any atom is -0.396 e. The molecule has 0 saturated heterocycles. The van der Waals surface area contributed by atoms with Gasteiger partial charge in [-0.3, -0.25) is 4.79 Å². The second-order valence-corrected chi connectivity index (χ2v) is 5.85. The predicted molar refractivity (Wildman–Crippen MR) is 87.3 cm³/mol. The molecule has 0 fully saturated rings. The van der Waals surface area contributed by atoms with Gasteiger partial charge < -0.3 is 15.7 Å². The quantitative estimate of drug-likeness (QED) is 0.652. The first kappa shape index (κ1) is 18.0. The molecule has 1 atom stereocenters. The third kappa shape index (κ3) is 7.09. The Bertz CT molecular complexity index is 492. The third-order valence-electron chi connectivity index (χ3n) is 3.40. The van der Waals surface area contributed by atoms with E-state index in [0.29, 0.717) is 30.4 Å². The topological polar surface area (TPSA) is 85.2 Å². The number of hydrogen-bond acceptors (Lipinski definition) is 4. The number of aliphatic hydroxyl groups excluding tert-OH is 1. The van der Waals surface area contributed by atoms with Gasteiger partial charge >= 0.3 is 0 Å². The van der Waals surface area contributed by atoms with E-state index in [4.69, 9.17) is 10.4 Å². The van der Waals surface area contributed by atoms with Crippen molar-refractivity contribution in [2.75, 3.05) is 25.0 Å². The van der Waals surface area contributed by atoms with Crippen LogP contribution in [0.1, 0.15) is 32.3 Å². The van der Waals surface area contributed by atoms with Gasteiger partial charge in [0.05, 0.1) is 18.2 Å². The molecule has 1 aromatic rings. The molecule has 0 aliphatic carbocycles. The molecule has 5 heteroatoms. The zero-order valence-electron chi connectivity index (χ0n) is 13.3. The molecule has 1 unspecified atom stereocenters. The van der Waals surface area contributed by atoms with Crippen LogP contribution in [0.2, 0.25) is 0 Å². The number of nitrogens with one attached hydrogen (secondary N) is 2. The largest absolute Gasteiger partial charge is 0.396 e. The molecule has 0 aliphatic rings. The summed E-state index contributed by atoms with van der Waals surface area (Å²) in [6.07, 6.45) is 1.70. The first-order valence-corrected chi connectivity index (χ1v) is 7.66. The van der Waals surface area contributed by atoms with Gasteiger partial charge in [0.2, 0.25) is 5.91 Å². The van der Waals surface area contributed by atoms with E-state index in [1.807, 2.05) is 0 Å². The fourth-order valence-electron chi connectivity index (χ4n) is 2.32. The maximum absolute atomic E-state index is 11.8. The first-order chi connectivity index (χ1) is 10.5. The van der Waals surface area contributed by atoms with Gasteiger partial charge in [0, 0.05) is 18.8 Å². The smallest absolute Gasteiger partial charge is 0.239 e. The van der Waals surface area contributed by atoms with Crippen LogP contribution in [0.25, 0.3) is 0 Å². The average molecular weight is 303 g/mol. The molecule has 1 amide bonds. The summed E-state index contributed by atoms with van der Waals surface area (Å²) in [6, 6.07) is 9.02. The van der Waals surface area contributed by atoms with Crippen LogP contribution in [0.15, 0.2) is 24.3 Å². The van der Waals surface area contributed by atoms with Crippen LogP contribution in [-0.4, -0.2) is 30.7 Å². The molecule has 120 valence electrons. The van der Waals surface area contributed by atoms with E-state index in [0.717, 1.165) is 12.1 Å². The number of nitriles is 1. The summed E-state index contributed by atoms with van der Waals surface area (Å²) in [7, 11) is 0. The Morgan fingerprint density at radius 3 is 2.55 bits per heavy atom. The molecule has 1 rings (SSSR count). The Hall–Kier alpha value is -2.06. The van der Waals surface area contributed by atoms with E-state index in [1.54, 1.807) is 24.3 Å². The van der Waals surface area contributed by atoms with Gasteiger partial charge in [-0.05, 0) is 48.9 Å². The van der Waals surface area contributed by atoms with Crippen molar-refractivity contribution in [1.29, 1.82) is 5.26 Å². The van der Waals surface area contributed by atoms with E-state index in [-0.39, 0.29) is 19.1 Å². The van der Waals surface area contributed by atoms with E-state index in [9.17, 15) is 4.79 Å². The maximum Gasteiger partial charge on any atom is 0.239 e. The molecule has 3 N–H and O–H groups in total. The van der Waals surface area contributed by atoms with Gasteiger partial charge in [-0.2, -0.15) is 5.26 Å². The van der Waals surface area contributed by atoms with E-state index in [1.165, 1.54) is 0 Å². The maximum atomic E-state index is 11.8. The fourth-order valence-corrected chi connectivity index (χ4v) is 2.32. The van der Waals surface area contributed by atoms with Gasteiger partial charge in [0.15, 0.2) is 0 Å². The van der Waals surface area contributed by atoms with Gasteiger partial charge in [-0.1, -0.05) is 13.8 Å². The number of carbonyl (C=O) groups is 1.